The van der Waals surface area contributed by atoms with Crippen LogP contribution in [0.3, 0.4) is 0 Å². The van der Waals surface area contributed by atoms with Crippen LogP contribution >= 0.6 is 12.2 Å². The van der Waals surface area contributed by atoms with Gasteiger partial charge in [0.1, 0.15) is 0 Å². The Morgan fingerprint density at radius 1 is 1.55 bits per heavy atom. The molecule has 0 saturated heterocycles. The van der Waals surface area contributed by atoms with Gasteiger partial charge < -0.3 is 5.73 Å². The van der Waals surface area contributed by atoms with Crippen molar-refractivity contribution in [3.05, 3.63) is 0 Å². The summed E-state index contributed by atoms with van der Waals surface area (Å²) in [4.78, 5) is 10.8. The van der Waals surface area contributed by atoms with Gasteiger partial charge in [-0.15, -0.1) is 0 Å². The minimum absolute atomic E-state index is 0.0786. The molecule has 0 radical (unpaired) electrons. The average Bonchev–Trinajstić information content (AvgIpc) is 1.97. The Hall–Kier alpha value is -0.840. The summed E-state index contributed by atoms with van der Waals surface area (Å²) in [5, 5.41) is 0.0786. The van der Waals surface area contributed by atoms with E-state index in [4.69, 9.17) is 5.73 Å². The van der Waals surface area contributed by atoms with E-state index in [0.717, 1.165) is 12.8 Å². The van der Waals surface area contributed by atoms with Crippen molar-refractivity contribution in [3.63, 3.8) is 0 Å². The van der Waals surface area contributed by atoms with Crippen LogP contribution in [0.25, 0.3) is 0 Å². The highest BCUT2D eigenvalue weighted by molar-refractivity contribution is 7.80. The number of nitrogens with two attached hydrogens (primary N) is 1. The third-order valence-corrected chi connectivity index (χ3v) is 1.18. The normalized spacial score (nSPS) is 8.82. The Balaban J connectivity index is 3.30. The lowest BCUT2D eigenvalue weighted by atomic mass is 10.2. The third-order valence-electron chi connectivity index (χ3n) is 1.08. The first-order valence-electron chi connectivity index (χ1n) is 3.51. The summed E-state index contributed by atoms with van der Waals surface area (Å²) in [5.74, 6) is -0.0837. The monoisotopic (exact) mass is 175 g/mol. The lowest BCUT2D eigenvalue weighted by molar-refractivity contribution is -0.121. The number of rotatable bonds is 3. The largest absolute Gasteiger partial charge is 0.375 e. The number of hydrogen-bond donors (Lipinski definition) is 3. The van der Waals surface area contributed by atoms with Gasteiger partial charge in [-0.05, 0) is 18.6 Å². The highest BCUT2D eigenvalue weighted by Crippen LogP contribution is 1.91. The van der Waals surface area contributed by atoms with E-state index in [0.29, 0.717) is 6.42 Å². The first kappa shape index (κ1) is 10.2. The van der Waals surface area contributed by atoms with Crippen LogP contribution in [0.1, 0.15) is 26.2 Å². The Labute approximate surface area is 71.5 Å². The number of hydrazine groups is 1. The molecule has 0 spiro atoms. The van der Waals surface area contributed by atoms with Gasteiger partial charge in [0, 0.05) is 6.42 Å². The molecular formula is C6H13N3OS. The second kappa shape index (κ2) is 5.91. The Morgan fingerprint density at radius 3 is 2.64 bits per heavy atom. The van der Waals surface area contributed by atoms with Crippen molar-refractivity contribution in [2.45, 2.75) is 26.2 Å². The van der Waals surface area contributed by atoms with Gasteiger partial charge in [-0.3, -0.25) is 15.6 Å². The van der Waals surface area contributed by atoms with Crippen LogP contribution in [0, 0.1) is 0 Å². The van der Waals surface area contributed by atoms with Crippen LogP contribution in [-0.2, 0) is 4.79 Å². The van der Waals surface area contributed by atoms with E-state index >= 15 is 0 Å². The number of hydrogen-bond acceptors (Lipinski definition) is 2. The molecule has 0 aromatic rings. The molecule has 0 atom stereocenters. The molecule has 0 aromatic heterocycles. The van der Waals surface area contributed by atoms with Gasteiger partial charge in [0.25, 0.3) is 0 Å². The SMILES string of the molecule is CCCCC(=O)NNC(N)=S. The van der Waals surface area contributed by atoms with Gasteiger partial charge in [-0.1, -0.05) is 13.3 Å². The summed E-state index contributed by atoms with van der Waals surface area (Å²) < 4.78 is 0. The molecule has 0 rings (SSSR count). The van der Waals surface area contributed by atoms with Crippen LogP contribution in [0.5, 0.6) is 0 Å². The minimum Gasteiger partial charge on any atom is -0.375 e. The van der Waals surface area contributed by atoms with E-state index in [1.54, 1.807) is 0 Å². The zero-order valence-corrected chi connectivity index (χ0v) is 7.33. The average molecular weight is 175 g/mol. The number of unbranched alkanes of at least 4 members (excludes halogenated alkanes) is 1. The molecule has 0 heterocycles. The fourth-order valence-corrected chi connectivity index (χ4v) is 0.582. The van der Waals surface area contributed by atoms with E-state index in [1.165, 1.54) is 0 Å². The maximum absolute atomic E-state index is 10.8. The summed E-state index contributed by atoms with van der Waals surface area (Å²) in [6, 6.07) is 0. The van der Waals surface area contributed by atoms with E-state index in [1.807, 2.05) is 6.92 Å². The topological polar surface area (TPSA) is 67.2 Å². The molecule has 1 amide bonds. The lowest BCUT2D eigenvalue weighted by Gasteiger charge is -2.04. The number of carbonyl (C=O) groups is 1. The van der Waals surface area contributed by atoms with Gasteiger partial charge in [0.2, 0.25) is 5.91 Å². The van der Waals surface area contributed by atoms with Gasteiger partial charge in [0.05, 0.1) is 0 Å². The molecule has 0 unspecified atom stereocenters. The lowest BCUT2D eigenvalue weighted by Crippen LogP contribution is -2.44. The van der Waals surface area contributed by atoms with Crippen molar-refractivity contribution in [1.29, 1.82) is 0 Å². The van der Waals surface area contributed by atoms with Gasteiger partial charge in [-0.2, -0.15) is 0 Å². The molecule has 4 nitrogen and oxygen atoms in total. The molecule has 0 aliphatic heterocycles. The van der Waals surface area contributed by atoms with Crippen LogP contribution in [0.15, 0.2) is 0 Å². The van der Waals surface area contributed by atoms with E-state index in [9.17, 15) is 4.79 Å². The zero-order valence-electron chi connectivity index (χ0n) is 6.52. The standard InChI is InChI=1S/C6H13N3OS/c1-2-3-4-5(10)8-9-6(7)11/h2-4H2,1H3,(H,8,10)(H3,7,9,11). The van der Waals surface area contributed by atoms with Crippen LogP contribution < -0.4 is 16.6 Å². The van der Waals surface area contributed by atoms with Gasteiger partial charge in [-0.25, -0.2) is 0 Å². The van der Waals surface area contributed by atoms with Crippen LogP contribution in [0.4, 0.5) is 0 Å². The smallest absolute Gasteiger partial charge is 0.238 e. The number of nitrogens with one attached hydrogen (secondary N) is 2. The van der Waals surface area contributed by atoms with E-state index < -0.39 is 0 Å². The summed E-state index contributed by atoms with van der Waals surface area (Å²) in [7, 11) is 0. The van der Waals surface area contributed by atoms with Crippen molar-refractivity contribution in [3.8, 4) is 0 Å². The number of thiocarbonyl (C=S) groups is 1. The zero-order chi connectivity index (χ0) is 8.69. The Morgan fingerprint density at radius 2 is 2.18 bits per heavy atom. The maximum Gasteiger partial charge on any atom is 0.238 e. The molecule has 0 aromatic carbocycles. The van der Waals surface area contributed by atoms with Crippen molar-refractivity contribution < 1.29 is 4.79 Å². The molecular weight excluding hydrogens is 162 g/mol. The Bertz CT molecular complexity index is 149. The number of carbonyl (C=O) groups excluding carboxylic acids is 1. The molecule has 0 saturated carbocycles. The molecule has 64 valence electrons. The van der Waals surface area contributed by atoms with Crippen LogP contribution in [0.2, 0.25) is 0 Å². The highest BCUT2D eigenvalue weighted by Gasteiger charge is 1.97. The fraction of sp³-hybridized carbons (Fsp3) is 0.667. The second-order valence-corrected chi connectivity index (χ2v) is 2.58. The Kier molecular flexibility index (Phi) is 5.46. The first-order chi connectivity index (χ1) is 5.16. The maximum atomic E-state index is 10.8. The molecule has 11 heavy (non-hydrogen) atoms. The van der Waals surface area contributed by atoms with Crippen molar-refractivity contribution in [2.75, 3.05) is 0 Å². The van der Waals surface area contributed by atoms with Gasteiger partial charge >= 0.3 is 0 Å². The molecule has 0 aliphatic carbocycles. The first-order valence-corrected chi connectivity index (χ1v) is 3.92. The molecule has 0 bridgehead atoms. The fourth-order valence-electron chi connectivity index (χ4n) is 0.531. The molecule has 0 aliphatic rings. The quantitative estimate of drug-likeness (QED) is 0.418. The van der Waals surface area contributed by atoms with E-state index in [-0.39, 0.29) is 11.0 Å². The summed E-state index contributed by atoms with van der Waals surface area (Å²) in [6.07, 6.45) is 2.39. The minimum atomic E-state index is -0.0837. The number of amides is 1. The van der Waals surface area contributed by atoms with Crippen molar-refractivity contribution >= 4 is 23.2 Å². The third kappa shape index (κ3) is 7.05. The van der Waals surface area contributed by atoms with E-state index in [2.05, 4.69) is 23.1 Å². The molecule has 5 heteroatoms. The molecule has 0 fully saturated rings. The van der Waals surface area contributed by atoms with Gasteiger partial charge in [0.15, 0.2) is 5.11 Å². The summed E-state index contributed by atoms with van der Waals surface area (Å²) in [5.41, 5.74) is 9.80. The second-order valence-electron chi connectivity index (χ2n) is 2.14. The van der Waals surface area contributed by atoms with Crippen molar-refractivity contribution in [1.82, 2.24) is 10.9 Å². The molecule has 4 N–H and O–H groups in total. The summed E-state index contributed by atoms with van der Waals surface area (Å²) >= 11 is 4.48. The highest BCUT2D eigenvalue weighted by atomic mass is 32.1. The van der Waals surface area contributed by atoms with Crippen LogP contribution in [-0.4, -0.2) is 11.0 Å². The predicted molar refractivity (Wildman–Crippen MR) is 47.6 cm³/mol. The predicted octanol–water partition coefficient (Wildman–Crippen LogP) is 0.0410. The van der Waals surface area contributed by atoms with Crippen molar-refractivity contribution in [2.24, 2.45) is 5.73 Å². The summed E-state index contributed by atoms with van der Waals surface area (Å²) in [6.45, 7) is 2.02.